The molecule has 17 heavy (non-hydrogen) atoms. The lowest BCUT2D eigenvalue weighted by molar-refractivity contribution is 0.0992. The number of hydrogen-bond donors (Lipinski definition) is 0. The molecule has 90 valence electrons. The van der Waals surface area contributed by atoms with E-state index in [1.54, 1.807) is 11.8 Å². The zero-order valence-electron chi connectivity index (χ0n) is 9.48. The first kappa shape index (κ1) is 11.5. The number of ketones is 1. The van der Waals surface area contributed by atoms with Crippen LogP contribution >= 0.6 is 23.5 Å². The average molecular weight is 266 g/mol. The minimum absolute atomic E-state index is 0.115. The first-order chi connectivity index (χ1) is 8.36. The first-order valence-corrected chi connectivity index (χ1v) is 8.05. The maximum atomic E-state index is 12.4. The van der Waals surface area contributed by atoms with Crippen LogP contribution in [0.15, 0.2) is 18.2 Å². The molecule has 3 rings (SSSR count). The number of thioether (sulfide) groups is 2. The van der Waals surface area contributed by atoms with E-state index >= 15 is 0 Å². The zero-order valence-corrected chi connectivity index (χ0v) is 11.1. The van der Waals surface area contributed by atoms with Crippen molar-refractivity contribution in [1.29, 1.82) is 0 Å². The summed E-state index contributed by atoms with van der Waals surface area (Å²) in [4.78, 5) is 12.4. The van der Waals surface area contributed by atoms with Crippen LogP contribution in [0.5, 0.6) is 5.75 Å². The summed E-state index contributed by atoms with van der Waals surface area (Å²) in [5.41, 5.74) is 1.98. The van der Waals surface area contributed by atoms with Crippen molar-refractivity contribution in [2.45, 2.75) is 11.7 Å². The van der Waals surface area contributed by atoms with Crippen molar-refractivity contribution in [2.75, 3.05) is 23.9 Å². The maximum Gasteiger partial charge on any atom is 0.180 e. The number of carbonyl (C=O) groups excluding carboxylic acids is 1. The Hall–Kier alpha value is -0.610. The van der Waals surface area contributed by atoms with Gasteiger partial charge < -0.3 is 4.74 Å². The molecule has 0 radical (unpaired) electrons. The Balaban J connectivity index is 1.88. The lowest BCUT2D eigenvalue weighted by Crippen LogP contribution is -2.24. The van der Waals surface area contributed by atoms with Crippen molar-refractivity contribution >= 4 is 29.3 Å². The van der Waals surface area contributed by atoms with Crippen molar-refractivity contribution < 1.29 is 9.53 Å². The van der Waals surface area contributed by atoms with Crippen molar-refractivity contribution in [3.63, 3.8) is 0 Å². The summed E-state index contributed by atoms with van der Waals surface area (Å²) >= 11 is 3.66. The van der Waals surface area contributed by atoms with Gasteiger partial charge in [-0.25, -0.2) is 0 Å². The molecule has 1 aromatic carbocycles. The van der Waals surface area contributed by atoms with E-state index in [0.717, 1.165) is 35.0 Å². The second-order valence-corrected chi connectivity index (χ2v) is 6.65. The van der Waals surface area contributed by atoms with Crippen LogP contribution in [-0.4, -0.2) is 34.9 Å². The summed E-state index contributed by atoms with van der Waals surface area (Å²) in [7, 11) is 0. The van der Waals surface area contributed by atoms with Gasteiger partial charge in [-0.3, -0.25) is 4.79 Å². The lowest BCUT2D eigenvalue weighted by atomic mass is 10.0. The Morgan fingerprint density at radius 3 is 3.12 bits per heavy atom. The van der Waals surface area contributed by atoms with E-state index in [4.69, 9.17) is 4.74 Å². The maximum absolute atomic E-state index is 12.4. The molecule has 4 heteroatoms. The topological polar surface area (TPSA) is 26.3 Å². The molecule has 1 saturated heterocycles. The van der Waals surface area contributed by atoms with E-state index in [-0.39, 0.29) is 11.0 Å². The number of benzene rings is 1. The van der Waals surface area contributed by atoms with Gasteiger partial charge in [0.1, 0.15) is 5.75 Å². The van der Waals surface area contributed by atoms with Gasteiger partial charge in [-0.1, -0.05) is 12.1 Å². The number of fused-ring (bicyclic) bond motifs is 1. The van der Waals surface area contributed by atoms with E-state index in [2.05, 4.69) is 6.07 Å². The van der Waals surface area contributed by atoms with E-state index in [0.29, 0.717) is 6.61 Å². The van der Waals surface area contributed by atoms with Crippen LogP contribution in [0.4, 0.5) is 0 Å². The minimum atomic E-state index is 0.115. The second-order valence-electron chi connectivity index (χ2n) is 4.19. The number of Topliss-reactive ketones (excluding diaryl/α,β-unsaturated/α-hetero) is 1. The Bertz CT molecular complexity index is 439. The molecule has 0 aromatic heterocycles. The van der Waals surface area contributed by atoms with E-state index in [1.807, 2.05) is 23.9 Å². The van der Waals surface area contributed by atoms with Gasteiger partial charge in [0.25, 0.3) is 0 Å². The van der Waals surface area contributed by atoms with Gasteiger partial charge in [0.15, 0.2) is 5.78 Å². The third-order valence-electron chi connectivity index (χ3n) is 3.09. The molecule has 1 aromatic rings. The summed E-state index contributed by atoms with van der Waals surface area (Å²) in [6.45, 7) is 0.714. The summed E-state index contributed by atoms with van der Waals surface area (Å²) in [5.74, 6) is 4.27. The molecule has 2 heterocycles. The van der Waals surface area contributed by atoms with Gasteiger partial charge in [-0.2, -0.15) is 11.8 Å². The highest BCUT2D eigenvalue weighted by atomic mass is 32.2. The fraction of sp³-hybridized carbons (Fsp3) is 0.462. The molecule has 1 fully saturated rings. The van der Waals surface area contributed by atoms with Crippen molar-refractivity contribution in [1.82, 2.24) is 0 Å². The average Bonchev–Trinajstić information content (AvgIpc) is 2.87. The molecular weight excluding hydrogens is 252 g/mol. The fourth-order valence-electron chi connectivity index (χ4n) is 2.22. The highest BCUT2D eigenvalue weighted by molar-refractivity contribution is 8.07. The number of hydrogen-bond acceptors (Lipinski definition) is 4. The third-order valence-corrected chi connectivity index (χ3v) is 5.84. The first-order valence-electron chi connectivity index (χ1n) is 5.84. The van der Waals surface area contributed by atoms with Gasteiger partial charge in [0.2, 0.25) is 0 Å². The molecule has 0 amide bonds. The van der Waals surface area contributed by atoms with Crippen LogP contribution in [0, 0.1) is 0 Å². The number of rotatable bonds is 2. The minimum Gasteiger partial charge on any atom is -0.492 e. The Morgan fingerprint density at radius 2 is 2.29 bits per heavy atom. The third kappa shape index (κ3) is 2.20. The van der Waals surface area contributed by atoms with Crippen LogP contribution in [0.1, 0.15) is 15.9 Å². The predicted molar refractivity (Wildman–Crippen MR) is 73.5 cm³/mol. The van der Waals surface area contributed by atoms with Crippen LogP contribution in [0.3, 0.4) is 0 Å². The van der Waals surface area contributed by atoms with Crippen molar-refractivity contribution in [3.05, 3.63) is 29.3 Å². The van der Waals surface area contributed by atoms with E-state index in [9.17, 15) is 4.79 Å². The van der Waals surface area contributed by atoms with E-state index in [1.165, 1.54) is 5.56 Å². The van der Waals surface area contributed by atoms with Crippen molar-refractivity contribution in [2.24, 2.45) is 0 Å². The molecule has 0 bridgehead atoms. The smallest absolute Gasteiger partial charge is 0.180 e. The van der Waals surface area contributed by atoms with Gasteiger partial charge in [0.05, 0.1) is 17.4 Å². The second kappa shape index (κ2) is 4.94. The zero-order chi connectivity index (χ0) is 11.7. The van der Waals surface area contributed by atoms with E-state index < -0.39 is 0 Å². The molecule has 1 atom stereocenters. The molecule has 1 unspecified atom stereocenters. The van der Waals surface area contributed by atoms with Gasteiger partial charge in [0, 0.05) is 23.7 Å². The Morgan fingerprint density at radius 1 is 1.35 bits per heavy atom. The monoisotopic (exact) mass is 266 g/mol. The molecule has 0 spiro atoms. The fourth-order valence-corrected chi connectivity index (χ4v) is 4.85. The highest BCUT2D eigenvalue weighted by Crippen LogP contribution is 2.34. The highest BCUT2D eigenvalue weighted by Gasteiger charge is 2.28. The Kier molecular flexibility index (Phi) is 3.34. The number of ether oxygens (including phenoxy) is 1. The predicted octanol–water partition coefficient (Wildman–Crippen LogP) is 2.65. The summed E-state index contributed by atoms with van der Waals surface area (Å²) < 4.78 is 5.60. The van der Waals surface area contributed by atoms with Gasteiger partial charge in [-0.15, -0.1) is 11.8 Å². The van der Waals surface area contributed by atoms with Crippen molar-refractivity contribution in [3.8, 4) is 5.75 Å². The van der Waals surface area contributed by atoms with Crippen LogP contribution in [0.2, 0.25) is 0 Å². The molecular formula is C13H14O2S2. The summed E-state index contributed by atoms with van der Waals surface area (Å²) in [6.07, 6.45) is 0.934. The normalized spacial score (nSPS) is 22.9. The van der Waals surface area contributed by atoms with Crippen LogP contribution in [-0.2, 0) is 6.42 Å². The molecule has 0 aliphatic carbocycles. The SMILES string of the molecule is O=C(c1cccc2c1OCC2)C1CSCCS1. The van der Waals surface area contributed by atoms with Crippen LogP contribution in [0.25, 0.3) is 0 Å². The molecule has 0 N–H and O–H groups in total. The summed E-state index contributed by atoms with van der Waals surface area (Å²) in [5, 5.41) is 0.115. The Labute approximate surface area is 109 Å². The van der Waals surface area contributed by atoms with Crippen LogP contribution < -0.4 is 4.74 Å². The molecule has 2 aliphatic heterocycles. The number of carbonyl (C=O) groups is 1. The quantitative estimate of drug-likeness (QED) is 0.769. The molecule has 2 aliphatic rings. The standard InChI is InChI=1S/C13H14O2S2/c14-12(11-8-16-6-7-17-11)10-3-1-2-9-4-5-15-13(9)10/h1-3,11H,4-8H2. The molecule has 2 nitrogen and oxygen atoms in total. The van der Waals surface area contributed by atoms with Gasteiger partial charge >= 0.3 is 0 Å². The molecule has 0 saturated carbocycles. The lowest BCUT2D eigenvalue weighted by Gasteiger charge is -2.20. The number of para-hydroxylation sites is 1. The largest absolute Gasteiger partial charge is 0.492 e. The van der Waals surface area contributed by atoms with Gasteiger partial charge in [-0.05, 0) is 11.6 Å². The summed E-state index contributed by atoms with van der Waals surface area (Å²) in [6, 6.07) is 5.94.